The zero-order valence-electron chi connectivity index (χ0n) is 11.1. The first-order valence-electron chi connectivity index (χ1n) is 6.77. The molecule has 1 atom stereocenters. The molecule has 3 rings (SSSR count). The van der Waals surface area contributed by atoms with Crippen LogP contribution in [0.4, 0.5) is 0 Å². The molecule has 0 spiro atoms. The van der Waals surface area contributed by atoms with E-state index in [1.54, 1.807) is 0 Å². The van der Waals surface area contributed by atoms with Crippen LogP contribution >= 0.6 is 15.9 Å². The molecule has 0 saturated heterocycles. The molecule has 0 fully saturated rings. The number of carbonyl (C=O) groups is 1. The average molecular weight is 334 g/mol. The summed E-state index contributed by atoms with van der Waals surface area (Å²) in [5.74, 6) is 0.506. The molecule has 0 aliphatic heterocycles. The van der Waals surface area contributed by atoms with Crippen molar-refractivity contribution in [3.05, 3.63) is 46.8 Å². The third kappa shape index (κ3) is 3.10. The molecule has 5 heteroatoms. The second-order valence-electron chi connectivity index (χ2n) is 5.09. The molecule has 1 aliphatic carbocycles. The molecule has 0 unspecified atom stereocenters. The maximum absolute atomic E-state index is 11.9. The van der Waals surface area contributed by atoms with Crippen LogP contribution < -0.4 is 5.32 Å². The lowest BCUT2D eigenvalue weighted by atomic mass is 10.1. The van der Waals surface area contributed by atoms with E-state index in [2.05, 4.69) is 38.4 Å². The lowest BCUT2D eigenvalue weighted by Crippen LogP contribution is -2.24. The van der Waals surface area contributed by atoms with Crippen molar-refractivity contribution in [3.63, 3.8) is 0 Å². The molecule has 0 saturated carbocycles. The number of halogens is 1. The summed E-state index contributed by atoms with van der Waals surface area (Å²) in [4.78, 5) is 16.3. The van der Waals surface area contributed by atoms with E-state index in [9.17, 15) is 4.79 Å². The van der Waals surface area contributed by atoms with Crippen molar-refractivity contribution in [2.75, 3.05) is 0 Å². The third-order valence-corrected chi connectivity index (χ3v) is 3.96. The van der Waals surface area contributed by atoms with Crippen LogP contribution in [0.3, 0.4) is 0 Å². The van der Waals surface area contributed by atoms with E-state index in [1.807, 2.05) is 28.9 Å². The van der Waals surface area contributed by atoms with Gasteiger partial charge < -0.3 is 9.72 Å². The first-order chi connectivity index (χ1) is 9.70. The van der Waals surface area contributed by atoms with Crippen LogP contribution in [-0.4, -0.2) is 15.3 Å². The Bertz CT molecular complexity index is 662. The second kappa shape index (κ2) is 5.79. The smallest absolute Gasteiger partial charge is 0.220 e. The number of pyridine rings is 1. The Morgan fingerprint density at radius 3 is 3.15 bits per heavy atom. The van der Waals surface area contributed by atoms with E-state index < -0.39 is 0 Å². The maximum Gasteiger partial charge on any atom is 0.220 e. The minimum Gasteiger partial charge on any atom is -0.350 e. The van der Waals surface area contributed by atoms with E-state index in [4.69, 9.17) is 0 Å². The van der Waals surface area contributed by atoms with Gasteiger partial charge in [0.15, 0.2) is 0 Å². The van der Waals surface area contributed by atoms with E-state index in [-0.39, 0.29) is 5.91 Å². The molecule has 1 aliphatic rings. The molecule has 1 amide bonds. The number of fused-ring (bicyclic) bond motifs is 1. The number of rotatable bonds is 4. The maximum atomic E-state index is 11.9. The summed E-state index contributed by atoms with van der Waals surface area (Å²) < 4.78 is 2.96. The van der Waals surface area contributed by atoms with Gasteiger partial charge in [-0.05, 0) is 46.8 Å². The molecule has 2 heterocycles. The van der Waals surface area contributed by atoms with Crippen molar-refractivity contribution in [1.82, 2.24) is 14.7 Å². The number of nitrogens with zero attached hydrogens (tertiary/aromatic N) is 2. The first-order valence-corrected chi connectivity index (χ1v) is 7.56. The largest absolute Gasteiger partial charge is 0.350 e. The SMILES string of the molecule is O=C(C[C@@H]1C=CCC1)NCc1cn2cc(Br)ccc2n1. The van der Waals surface area contributed by atoms with Crippen LogP contribution in [0.5, 0.6) is 0 Å². The van der Waals surface area contributed by atoms with Crippen molar-refractivity contribution in [2.24, 2.45) is 5.92 Å². The predicted octanol–water partition coefficient (Wildman–Crippen LogP) is 3.07. The summed E-state index contributed by atoms with van der Waals surface area (Å²) >= 11 is 3.43. The fourth-order valence-electron chi connectivity index (χ4n) is 2.47. The van der Waals surface area contributed by atoms with Crippen molar-refractivity contribution < 1.29 is 4.79 Å². The molecular weight excluding hydrogens is 318 g/mol. The summed E-state index contributed by atoms with van der Waals surface area (Å²) in [6, 6.07) is 3.90. The zero-order valence-corrected chi connectivity index (χ0v) is 12.6. The molecule has 20 heavy (non-hydrogen) atoms. The number of nitrogens with one attached hydrogen (secondary N) is 1. The lowest BCUT2D eigenvalue weighted by molar-refractivity contribution is -0.121. The van der Waals surface area contributed by atoms with Crippen LogP contribution in [0.25, 0.3) is 5.65 Å². The van der Waals surface area contributed by atoms with Gasteiger partial charge >= 0.3 is 0 Å². The Hall–Kier alpha value is -1.62. The third-order valence-electron chi connectivity index (χ3n) is 3.49. The van der Waals surface area contributed by atoms with Gasteiger partial charge in [-0.3, -0.25) is 4.79 Å². The van der Waals surface area contributed by atoms with Crippen LogP contribution in [0.15, 0.2) is 41.2 Å². The second-order valence-corrected chi connectivity index (χ2v) is 6.01. The Balaban J connectivity index is 1.58. The number of allylic oxidation sites excluding steroid dienone is 2. The summed E-state index contributed by atoms with van der Waals surface area (Å²) in [5, 5.41) is 2.94. The fourth-order valence-corrected chi connectivity index (χ4v) is 2.82. The monoisotopic (exact) mass is 333 g/mol. The van der Waals surface area contributed by atoms with Gasteiger partial charge in [0, 0.05) is 23.3 Å². The highest BCUT2D eigenvalue weighted by Crippen LogP contribution is 2.20. The van der Waals surface area contributed by atoms with Gasteiger partial charge in [-0.25, -0.2) is 4.98 Å². The number of hydrogen-bond donors (Lipinski definition) is 1. The minimum atomic E-state index is 0.0970. The first kappa shape index (κ1) is 13.4. The van der Waals surface area contributed by atoms with Gasteiger partial charge in [-0.1, -0.05) is 12.2 Å². The van der Waals surface area contributed by atoms with Crippen molar-refractivity contribution in [3.8, 4) is 0 Å². The highest BCUT2D eigenvalue weighted by atomic mass is 79.9. The summed E-state index contributed by atoms with van der Waals surface area (Å²) in [6.45, 7) is 0.481. The van der Waals surface area contributed by atoms with Crippen molar-refractivity contribution >= 4 is 27.5 Å². The minimum absolute atomic E-state index is 0.0970. The Morgan fingerprint density at radius 2 is 2.35 bits per heavy atom. The summed E-state index contributed by atoms with van der Waals surface area (Å²) in [6.07, 6.45) is 11.0. The number of amides is 1. The van der Waals surface area contributed by atoms with Gasteiger partial charge in [0.2, 0.25) is 5.91 Å². The van der Waals surface area contributed by atoms with Gasteiger partial charge in [-0.2, -0.15) is 0 Å². The van der Waals surface area contributed by atoms with Crippen LogP contribution in [-0.2, 0) is 11.3 Å². The van der Waals surface area contributed by atoms with Crippen molar-refractivity contribution in [1.29, 1.82) is 0 Å². The molecule has 0 radical (unpaired) electrons. The van der Waals surface area contributed by atoms with Crippen LogP contribution in [0.1, 0.15) is 25.0 Å². The number of hydrogen-bond acceptors (Lipinski definition) is 2. The zero-order chi connectivity index (χ0) is 13.9. The molecule has 4 nitrogen and oxygen atoms in total. The van der Waals surface area contributed by atoms with Gasteiger partial charge in [0.1, 0.15) is 5.65 Å². The van der Waals surface area contributed by atoms with Crippen molar-refractivity contribution in [2.45, 2.75) is 25.8 Å². The fraction of sp³-hybridized carbons (Fsp3) is 0.333. The quantitative estimate of drug-likeness (QED) is 0.874. The Labute approximate surface area is 126 Å². The number of carbonyl (C=O) groups excluding carboxylic acids is 1. The van der Waals surface area contributed by atoms with Crippen LogP contribution in [0.2, 0.25) is 0 Å². The van der Waals surface area contributed by atoms with E-state index in [1.165, 1.54) is 0 Å². The highest BCUT2D eigenvalue weighted by molar-refractivity contribution is 9.10. The topological polar surface area (TPSA) is 46.4 Å². The van der Waals surface area contributed by atoms with Gasteiger partial charge in [-0.15, -0.1) is 0 Å². The Kier molecular flexibility index (Phi) is 3.87. The normalized spacial score (nSPS) is 17.8. The lowest BCUT2D eigenvalue weighted by Gasteiger charge is -2.07. The van der Waals surface area contributed by atoms with E-state index in [0.29, 0.717) is 18.9 Å². The molecular formula is C15H16BrN3O. The van der Waals surface area contributed by atoms with E-state index in [0.717, 1.165) is 28.7 Å². The molecule has 0 bridgehead atoms. The summed E-state index contributed by atoms with van der Waals surface area (Å²) in [5.41, 5.74) is 1.76. The van der Waals surface area contributed by atoms with E-state index >= 15 is 0 Å². The average Bonchev–Trinajstić information content (AvgIpc) is 3.04. The van der Waals surface area contributed by atoms with Crippen LogP contribution in [0, 0.1) is 5.92 Å². The standard InChI is InChI=1S/C15H16BrN3O/c16-12-5-6-14-18-13(10-19(14)9-12)8-17-15(20)7-11-3-1-2-4-11/h1,3,5-6,9-11H,2,4,7-8H2,(H,17,20)/t11-/m1/s1. The van der Waals surface area contributed by atoms with Gasteiger partial charge in [0.25, 0.3) is 0 Å². The predicted molar refractivity (Wildman–Crippen MR) is 81.2 cm³/mol. The molecule has 104 valence electrons. The molecule has 2 aromatic heterocycles. The Morgan fingerprint density at radius 1 is 1.45 bits per heavy atom. The molecule has 2 aromatic rings. The number of aromatic nitrogens is 2. The highest BCUT2D eigenvalue weighted by Gasteiger charge is 2.14. The number of imidazole rings is 1. The molecule has 0 aromatic carbocycles. The summed E-state index contributed by atoms with van der Waals surface area (Å²) in [7, 11) is 0. The van der Waals surface area contributed by atoms with Gasteiger partial charge in [0.05, 0.1) is 12.2 Å². The molecule has 1 N–H and O–H groups in total.